The summed E-state index contributed by atoms with van der Waals surface area (Å²) in [6.07, 6.45) is 1.20. The van der Waals surface area contributed by atoms with Crippen LogP contribution in [0, 0.1) is 6.92 Å². The zero-order valence-corrected chi connectivity index (χ0v) is 7.94. The van der Waals surface area contributed by atoms with Crippen molar-refractivity contribution in [2.45, 2.75) is 13.5 Å². The number of fused-ring (bicyclic) bond motifs is 1. The van der Waals surface area contributed by atoms with Crippen LogP contribution in [0.15, 0.2) is 18.2 Å². The summed E-state index contributed by atoms with van der Waals surface area (Å²) >= 11 is 0. The second kappa shape index (κ2) is 2.38. The van der Waals surface area contributed by atoms with Gasteiger partial charge in [0.1, 0.15) is 11.4 Å². The molecule has 0 spiro atoms. The van der Waals surface area contributed by atoms with Crippen LogP contribution in [0.3, 0.4) is 0 Å². The molecule has 11 heavy (non-hydrogen) atoms. The molecule has 1 aliphatic heterocycles. The van der Waals surface area contributed by atoms with Crippen molar-refractivity contribution in [1.29, 1.82) is 0 Å². The van der Waals surface area contributed by atoms with Gasteiger partial charge >= 0.3 is 8.80 Å². The summed E-state index contributed by atoms with van der Waals surface area (Å²) in [5, 5.41) is 5.00. The van der Waals surface area contributed by atoms with Crippen molar-refractivity contribution in [3.8, 4) is 0 Å². The van der Waals surface area contributed by atoms with Crippen LogP contribution in [0.4, 0.5) is 5.69 Å². The number of aryl methyl sites for hydroxylation is 1. The van der Waals surface area contributed by atoms with E-state index in [0.29, 0.717) is 0 Å². The number of anilines is 1. The van der Waals surface area contributed by atoms with Gasteiger partial charge in [0.15, 0.2) is 0 Å². The van der Waals surface area contributed by atoms with E-state index < -0.39 is 0 Å². The van der Waals surface area contributed by atoms with E-state index in [4.69, 9.17) is 0 Å². The van der Waals surface area contributed by atoms with E-state index in [1.54, 1.807) is 5.19 Å². The van der Waals surface area contributed by atoms with Crippen molar-refractivity contribution in [1.82, 2.24) is 0 Å². The van der Waals surface area contributed by atoms with E-state index in [0.717, 1.165) is 0 Å². The fourth-order valence-electron chi connectivity index (χ4n) is 1.49. The Morgan fingerprint density at radius 2 is 2.27 bits per heavy atom. The highest BCUT2D eigenvalue weighted by Crippen LogP contribution is 2.12. The topological polar surface area (TPSA) is 12.0 Å². The molecule has 0 radical (unpaired) electrons. The Morgan fingerprint density at radius 3 is 3.09 bits per heavy atom. The van der Waals surface area contributed by atoms with E-state index in [1.165, 1.54) is 17.4 Å². The van der Waals surface area contributed by atoms with Crippen molar-refractivity contribution in [2.24, 2.45) is 0 Å². The Labute approximate surface area is 69.0 Å². The standard InChI is InChI=1S/C9H12NSi/c1-7-3-4-8-9(5-7)11(2)6-10-8/h3-5,10H,6H2,1-2H3/q+1. The summed E-state index contributed by atoms with van der Waals surface area (Å²) in [5.74, 6) is 0. The number of hydrogen-bond donors (Lipinski definition) is 1. The van der Waals surface area contributed by atoms with Crippen molar-refractivity contribution in [3.63, 3.8) is 0 Å². The number of benzene rings is 1. The fourth-order valence-corrected chi connectivity index (χ4v) is 3.24. The maximum absolute atomic E-state index is 3.42. The molecule has 0 aromatic heterocycles. The minimum absolute atomic E-state index is 0.247. The Kier molecular flexibility index (Phi) is 1.49. The summed E-state index contributed by atoms with van der Waals surface area (Å²) in [4.78, 5) is 0. The lowest BCUT2D eigenvalue weighted by Gasteiger charge is -1.94. The molecule has 0 atom stereocenters. The van der Waals surface area contributed by atoms with Crippen LogP contribution >= 0.6 is 0 Å². The molecule has 56 valence electrons. The van der Waals surface area contributed by atoms with Crippen LogP contribution in [0.5, 0.6) is 0 Å². The monoisotopic (exact) mass is 162 g/mol. The Balaban J connectivity index is 2.52. The molecule has 2 heteroatoms. The molecule has 0 unspecified atom stereocenters. The number of rotatable bonds is 0. The van der Waals surface area contributed by atoms with Gasteiger partial charge in [-0.1, -0.05) is 6.07 Å². The molecule has 0 fully saturated rings. The predicted octanol–water partition coefficient (Wildman–Crippen LogP) is 1.29. The van der Waals surface area contributed by atoms with Gasteiger partial charge in [-0.25, -0.2) is 0 Å². The molecule has 2 rings (SSSR count). The van der Waals surface area contributed by atoms with Gasteiger partial charge in [0.05, 0.1) is 12.2 Å². The molecule has 1 aliphatic rings. The smallest absolute Gasteiger partial charge is 0.356 e. The fraction of sp³-hybridized carbons (Fsp3) is 0.333. The molecule has 0 bridgehead atoms. The highest BCUT2D eigenvalue weighted by atomic mass is 28.3. The summed E-state index contributed by atoms with van der Waals surface area (Å²) in [7, 11) is -0.247. The predicted molar refractivity (Wildman–Crippen MR) is 50.9 cm³/mol. The third-order valence-corrected chi connectivity index (χ3v) is 4.22. The lowest BCUT2D eigenvalue weighted by atomic mass is 10.2. The quantitative estimate of drug-likeness (QED) is 0.567. The third kappa shape index (κ3) is 1.07. The lowest BCUT2D eigenvalue weighted by Crippen LogP contribution is -2.24. The first kappa shape index (κ1) is 6.92. The minimum Gasteiger partial charge on any atom is -0.356 e. The first-order chi connectivity index (χ1) is 5.27. The van der Waals surface area contributed by atoms with E-state index in [9.17, 15) is 0 Å². The molecule has 0 saturated carbocycles. The van der Waals surface area contributed by atoms with E-state index in [1.807, 2.05) is 0 Å². The molecule has 1 nitrogen and oxygen atoms in total. The first-order valence-electron chi connectivity index (χ1n) is 3.95. The third-order valence-electron chi connectivity index (χ3n) is 2.18. The number of hydrogen-bond acceptors (Lipinski definition) is 1. The second-order valence-corrected chi connectivity index (χ2v) is 5.64. The van der Waals surface area contributed by atoms with Gasteiger partial charge in [-0.15, -0.1) is 0 Å². The van der Waals surface area contributed by atoms with Crippen molar-refractivity contribution >= 4 is 19.7 Å². The molecular formula is C9H12NSi+. The van der Waals surface area contributed by atoms with Gasteiger partial charge in [0, 0.05) is 0 Å². The molecule has 1 aromatic rings. The summed E-state index contributed by atoms with van der Waals surface area (Å²) in [6.45, 7) is 4.52. The maximum Gasteiger partial charge on any atom is 0.372 e. The van der Waals surface area contributed by atoms with Crippen LogP contribution in [-0.4, -0.2) is 15.0 Å². The maximum atomic E-state index is 3.42. The Bertz CT molecular complexity index is 283. The Hall–Kier alpha value is -0.763. The van der Waals surface area contributed by atoms with Gasteiger partial charge in [-0.2, -0.15) is 0 Å². The number of nitrogens with one attached hydrogen (secondary N) is 1. The van der Waals surface area contributed by atoms with E-state index >= 15 is 0 Å². The zero-order chi connectivity index (χ0) is 7.84. The summed E-state index contributed by atoms with van der Waals surface area (Å²) in [5.41, 5.74) is 2.75. The van der Waals surface area contributed by atoms with Gasteiger partial charge in [0.25, 0.3) is 0 Å². The molecule has 0 amide bonds. The average Bonchev–Trinajstić information content (AvgIpc) is 2.33. The molecule has 0 aliphatic carbocycles. The molecule has 1 heterocycles. The van der Waals surface area contributed by atoms with Gasteiger partial charge in [0.2, 0.25) is 0 Å². The van der Waals surface area contributed by atoms with E-state index in [2.05, 4.69) is 37.0 Å². The van der Waals surface area contributed by atoms with Crippen LogP contribution in [0.1, 0.15) is 5.56 Å². The zero-order valence-electron chi connectivity index (χ0n) is 6.94. The van der Waals surface area contributed by atoms with E-state index in [-0.39, 0.29) is 8.80 Å². The van der Waals surface area contributed by atoms with Crippen LogP contribution < -0.4 is 10.5 Å². The summed E-state index contributed by atoms with van der Waals surface area (Å²) < 4.78 is 0. The van der Waals surface area contributed by atoms with Gasteiger partial charge in [-0.3, -0.25) is 0 Å². The summed E-state index contributed by atoms with van der Waals surface area (Å²) in [6, 6.07) is 6.70. The van der Waals surface area contributed by atoms with Gasteiger partial charge in [-0.05, 0) is 24.6 Å². The highest BCUT2D eigenvalue weighted by molar-refractivity contribution is 6.75. The minimum atomic E-state index is -0.247. The average molecular weight is 162 g/mol. The van der Waals surface area contributed by atoms with Crippen LogP contribution in [-0.2, 0) is 0 Å². The first-order valence-corrected chi connectivity index (χ1v) is 6.15. The molecular weight excluding hydrogens is 150 g/mol. The highest BCUT2D eigenvalue weighted by Gasteiger charge is 2.32. The van der Waals surface area contributed by atoms with Crippen molar-refractivity contribution in [2.75, 3.05) is 11.5 Å². The normalized spacial score (nSPS) is 14.5. The lowest BCUT2D eigenvalue weighted by molar-refractivity contribution is 1.46. The van der Waals surface area contributed by atoms with Gasteiger partial charge < -0.3 is 5.32 Å². The molecule has 1 N–H and O–H groups in total. The largest absolute Gasteiger partial charge is 0.372 e. The van der Waals surface area contributed by atoms with Crippen molar-refractivity contribution in [3.05, 3.63) is 23.8 Å². The van der Waals surface area contributed by atoms with Crippen molar-refractivity contribution < 1.29 is 0 Å². The molecule has 1 aromatic carbocycles. The SMILES string of the molecule is Cc1ccc2c(c1)[Si+](C)CN2. The van der Waals surface area contributed by atoms with Crippen LogP contribution in [0.25, 0.3) is 0 Å². The second-order valence-electron chi connectivity index (χ2n) is 3.18. The Morgan fingerprint density at radius 1 is 1.45 bits per heavy atom. The van der Waals surface area contributed by atoms with Crippen LogP contribution in [0.2, 0.25) is 6.55 Å². The molecule has 0 saturated heterocycles.